The largest absolute Gasteiger partial charge is 0.354 e. The van der Waals surface area contributed by atoms with Crippen LogP contribution in [-0.2, 0) is 4.79 Å². The van der Waals surface area contributed by atoms with E-state index in [2.05, 4.69) is 31.0 Å². The molecule has 0 saturated heterocycles. The van der Waals surface area contributed by atoms with Gasteiger partial charge in [-0.15, -0.1) is 0 Å². The first-order chi connectivity index (χ1) is 12.6. The Hall–Kier alpha value is -3.20. The Morgan fingerprint density at radius 3 is 2.85 bits per heavy atom. The third-order valence-corrected chi connectivity index (χ3v) is 4.35. The van der Waals surface area contributed by atoms with Crippen molar-refractivity contribution in [1.29, 1.82) is 0 Å². The van der Waals surface area contributed by atoms with Gasteiger partial charge in [-0.3, -0.25) is 14.7 Å². The molecular formula is C16H13ClN6O3. The molecule has 1 aliphatic rings. The minimum atomic E-state index is -0.571. The summed E-state index contributed by atoms with van der Waals surface area (Å²) >= 11 is 5.89. The first-order valence-corrected chi connectivity index (χ1v) is 8.14. The average Bonchev–Trinajstić information content (AvgIpc) is 3.28. The van der Waals surface area contributed by atoms with E-state index in [4.69, 9.17) is 16.1 Å². The van der Waals surface area contributed by atoms with E-state index < -0.39 is 5.92 Å². The number of carbonyl (C=O) groups excluding carboxylic acids is 2. The van der Waals surface area contributed by atoms with Gasteiger partial charge < -0.3 is 15.2 Å². The van der Waals surface area contributed by atoms with E-state index in [9.17, 15) is 9.59 Å². The van der Waals surface area contributed by atoms with E-state index in [-0.39, 0.29) is 35.6 Å². The zero-order valence-corrected chi connectivity index (χ0v) is 14.3. The molecule has 1 aromatic carbocycles. The summed E-state index contributed by atoms with van der Waals surface area (Å²) in [6.45, 7) is 0. The Balaban J connectivity index is 1.75. The SMILES string of the molecule is CNC(=O)c1[nH]nc2c1C(c1nc(-c3ccc(Cl)cc3)no1)CC(=O)N2. The van der Waals surface area contributed by atoms with Crippen LogP contribution in [0, 0.1) is 0 Å². The van der Waals surface area contributed by atoms with Gasteiger partial charge in [-0.25, -0.2) is 0 Å². The zero-order valence-electron chi connectivity index (χ0n) is 13.5. The summed E-state index contributed by atoms with van der Waals surface area (Å²) in [6.07, 6.45) is 0.0682. The van der Waals surface area contributed by atoms with Gasteiger partial charge in [-0.1, -0.05) is 16.8 Å². The molecule has 10 heteroatoms. The smallest absolute Gasteiger partial charge is 0.269 e. The van der Waals surface area contributed by atoms with Crippen LogP contribution in [-0.4, -0.2) is 39.2 Å². The normalized spacial score (nSPS) is 16.1. The van der Waals surface area contributed by atoms with Crippen LogP contribution in [0.5, 0.6) is 0 Å². The monoisotopic (exact) mass is 372 g/mol. The number of nitrogens with zero attached hydrogens (tertiary/aromatic N) is 3. The summed E-state index contributed by atoms with van der Waals surface area (Å²) in [5.74, 6) is -0.276. The lowest BCUT2D eigenvalue weighted by atomic mass is 9.91. The molecule has 0 bridgehead atoms. The second-order valence-corrected chi connectivity index (χ2v) is 6.14. The van der Waals surface area contributed by atoms with E-state index >= 15 is 0 Å². The number of amides is 2. The predicted octanol–water partition coefficient (Wildman–Crippen LogP) is 1.95. The van der Waals surface area contributed by atoms with Crippen LogP contribution >= 0.6 is 11.6 Å². The van der Waals surface area contributed by atoms with Crippen molar-refractivity contribution < 1.29 is 14.1 Å². The van der Waals surface area contributed by atoms with Crippen molar-refractivity contribution in [2.75, 3.05) is 12.4 Å². The van der Waals surface area contributed by atoms with Crippen molar-refractivity contribution in [1.82, 2.24) is 25.7 Å². The van der Waals surface area contributed by atoms with E-state index in [0.717, 1.165) is 5.56 Å². The van der Waals surface area contributed by atoms with Gasteiger partial charge in [0.25, 0.3) is 5.91 Å². The molecule has 132 valence electrons. The summed E-state index contributed by atoms with van der Waals surface area (Å²) < 4.78 is 5.38. The van der Waals surface area contributed by atoms with Gasteiger partial charge in [0, 0.05) is 29.6 Å². The molecular weight excluding hydrogens is 360 g/mol. The van der Waals surface area contributed by atoms with E-state index in [1.165, 1.54) is 7.05 Å². The van der Waals surface area contributed by atoms with Gasteiger partial charge in [0.1, 0.15) is 5.69 Å². The minimum Gasteiger partial charge on any atom is -0.354 e. The molecule has 4 rings (SSSR count). The summed E-state index contributed by atoms with van der Waals surface area (Å²) in [5, 5.41) is 16.4. The van der Waals surface area contributed by atoms with Crippen molar-refractivity contribution in [3.63, 3.8) is 0 Å². The van der Waals surface area contributed by atoms with E-state index in [1.807, 2.05) is 0 Å². The van der Waals surface area contributed by atoms with Gasteiger partial charge >= 0.3 is 0 Å². The summed E-state index contributed by atoms with van der Waals surface area (Å²) in [4.78, 5) is 28.5. The Kier molecular flexibility index (Phi) is 3.92. The highest BCUT2D eigenvalue weighted by molar-refractivity contribution is 6.30. The highest BCUT2D eigenvalue weighted by Gasteiger charge is 2.36. The Morgan fingerprint density at radius 2 is 2.12 bits per heavy atom. The fourth-order valence-corrected chi connectivity index (χ4v) is 2.98. The second-order valence-electron chi connectivity index (χ2n) is 5.71. The van der Waals surface area contributed by atoms with Gasteiger partial charge in [0.15, 0.2) is 5.82 Å². The highest BCUT2D eigenvalue weighted by atomic mass is 35.5. The average molecular weight is 373 g/mol. The van der Waals surface area contributed by atoms with Crippen LogP contribution in [0.25, 0.3) is 11.4 Å². The number of aromatic amines is 1. The lowest BCUT2D eigenvalue weighted by molar-refractivity contribution is -0.116. The van der Waals surface area contributed by atoms with Gasteiger partial charge in [-0.2, -0.15) is 10.1 Å². The quantitative estimate of drug-likeness (QED) is 0.645. The lowest BCUT2D eigenvalue weighted by Crippen LogP contribution is -2.26. The van der Waals surface area contributed by atoms with Crippen molar-refractivity contribution in [3.8, 4) is 11.4 Å². The molecule has 0 aliphatic carbocycles. The molecule has 3 aromatic rings. The van der Waals surface area contributed by atoms with Crippen LogP contribution in [0.3, 0.4) is 0 Å². The number of carbonyl (C=O) groups is 2. The van der Waals surface area contributed by atoms with Gasteiger partial charge in [-0.05, 0) is 24.3 Å². The van der Waals surface area contributed by atoms with Crippen molar-refractivity contribution in [2.45, 2.75) is 12.3 Å². The maximum atomic E-state index is 12.1. The summed E-state index contributed by atoms with van der Waals surface area (Å²) in [5.41, 5.74) is 1.50. The molecule has 1 aliphatic heterocycles. The van der Waals surface area contributed by atoms with Crippen molar-refractivity contribution in [3.05, 3.63) is 46.4 Å². The van der Waals surface area contributed by atoms with Crippen LogP contribution < -0.4 is 10.6 Å². The maximum absolute atomic E-state index is 12.1. The number of rotatable bonds is 3. The minimum absolute atomic E-state index is 0.0682. The van der Waals surface area contributed by atoms with E-state index in [0.29, 0.717) is 16.4 Å². The predicted molar refractivity (Wildman–Crippen MR) is 91.8 cm³/mol. The molecule has 1 unspecified atom stereocenters. The standard InChI is InChI=1S/C16H13ClN6O3/c1-18-15(25)12-11-9(6-10(24)19-14(11)22-21-12)16-20-13(23-26-16)7-2-4-8(17)5-3-7/h2-5,9H,6H2,1H3,(H,18,25)(H2,19,21,22,24). The molecule has 1 atom stereocenters. The zero-order chi connectivity index (χ0) is 18.3. The van der Waals surface area contributed by atoms with Crippen LogP contribution in [0.15, 0.2) is 28.8 Å². The third kappa shape index (κ3) is 2.72. The number of nitrogens with one attached hydrogen (secondary N) is 3. The molecule has 0 saturated carbocycles. The number of hydrogen-bond donors (Lipinski definition) is 3. The fourth-order valence-electron chi connectivity index (χ4n) is 2.86. The summed E-state index contributed by atoms with van der Waals surface area (Å²) in [7, 11) is 1.51. The van der Waals surface area contributed by atoms with E-state index in [1.54, 1.807) is 24.3 Å². The first kappa shape index (κ1) is 16.3. The maximum Gasteiger partial charge on any atom is 0.269 e. The molecule has 0 fully saturated rings. The molecule has 2 aromatic heterocycles. The molecule has 0 radical (unpaired) electrons. The summed E-state index contributed by atoms with van der Waals surface area (Å²) in [6, 6.07) is 6.98. The fraction of sp³-hybridized carbons (Fsp3) is 0.188. The molecule has 3 N–H and O–H groups in total. The molecule has 9 nitrogen and oxygen atoms in total. The number of fused-ring (bicyclic) bond motifs is 1. The topological polar surface area (TPSA) is 126 Å². The first-order valence-electron chi connectivity index (χ1n) is 7.76. The van der Waals surface area contributed by atoms with Crippen LogP contribution in [0.4, 0.5) is 5.82 Å². The number of H-pyrrole nitrogens is 1. The van der Waals surface area contributed by atoms with Crippen LogP contribution in [0.1, 0.15) is 34.3 Å². The van der Waals surface area contributed by atoms with Gasteiger partial charge in [0.05, 0.1) is 5.92 Å². The third-order valence-electron chi connectivity index (χ3n) is 4.10. The molecule has 26 heavy (non-hydrogen) atoms. The number of anilines is 1. The number of hydrogen-bond acceptors (Lipinski definition) is 6. The van der Waals surface area contributed by atoms with Crippen LogP contribution in [0.2, 0.25) is 5.02 Å². The molecule has 0 spiro atoms. The van der Waals surface area contributed by atoms with Gasteiger partial charge in [0.2, 0.25) is 17.6 Å². The molecule has 3 heterocycles. The Labute approximate surface area is 152 Å². The number of aromatic nitrogens is 4. The Bertz CT molecular complexity index is 994. The lowest BCUT2D eigenvalue weighted by Gasteiger charge is -2.19. The molecule has 2 amide bonds. The second kappa shape index (κ2) is 6.26. The number of halogens is 1. The van der Waals surface area contributed by atoms with Crippen molar-refractivity contribution >= 4 is 29.2 Å². The highest BCUT2D eigenvalue weighted by Crippen LogP contribution is 2.38. The Morgan fingerprint density at radius 1 is 1.35 bits per heavy atom. The number of benzene rings is 1. The van der Waals surface area contributed by atoms with Crippen molar-refractivity contribution in [2.24, 2.45) is 0 Å².